The molecule has 2 aromatic carbocycles. The van der Waals surface area contributed by atoms with Crippen LogP contribution in [-0.4, -0.2) is 29.1 Å². The van der Waals surface area contributed by atoms with Crippen LogP contribution in [0.4, 0.5) is 18.9 Å². The van der Waals surface area contributed by atoms with Crippen molar-refractivity contribution >= 4 is 17.5 Å². The number of nitrogens with zero attached hydrogens (tertiary/aromatic N) is 1. The van der Waals surface area contributed by atoms with Crippen LogP contribution in [0.25, 0.3) is 0 Å². The summed E-state index contributed by atoms with van der Waals surface area (Å²) >= 11 is 0. The fourth-order valence-corrected chi connectivity index (χ4v) is 2.91. The number of para-hydroxylation sites is 1. The molecule has 1 saturated heterocycles. The van der Waals surface area contributed by atoms with Crippen LogP contribution < -0.4 is 10.2 Å². The Kier molecular flexibility index (Phi) is 4.93. The Morgan fingerprint density at radius 2 is 1.74 bits per heavy atom. The summed E-state index contributed by atoms with van der Waals surface area (Å²) in [7, 11) is 0. The molecule has 0 spiro atoms. The predicted molar refractivity (Wildman–Crippen MR) is 91.7 cm³/mol. The summed E-state index contributed by atoms with van der Waals surface area (Å²) in [5.41, 5.74) is -1.98. The van der Waals surface area contributed by atoms with Gasteiger partial charge in [0.25, 0.3) is 11.8 Å². The highest BCUT2D eigenvalue weighted by Gasteiger charge is 2.51. The van der Waals surface area contributed by atoms with Crippen molar-refractivity contribution < 1.29 is 27.9 Å². The lowest BCUT2D eigenvalue weighted by Crippen LogP contribution is -2.52. The molecule has 3 rings (SSSR count). The SMILES string of the molecule is O=C(NCc1ccc(C(F)(F)F)cc1)[C@@]1(O)CCN(c2ccccc2)C1=O. The van der Waals surface area contributed by atoms with Crippen LogP contribution in [0.2, 0.25) is 0 Å². The molecule has 0 radical (unpaired) electrons. The molecule has 1 heterocycles. The van der Waals surface area contributed by atoms with Crippen molar-refractivity contribution in [3.8, 4) is 0 Å². The Hall–Kier alpha value is -2.87. The molecule has 1 fully saturated rings. The molecule has 0 bridgehead atoms. The standard InChI is InChI=1S/C19H17F3N2O3/c20-19(21,22)14-8-6-13(7-9-14)12-23-16(25)18(27)10-11-24(17(18)26)15-4-2-1-3-5-15/h1-9,27H,10-12H2,(H,23,25)/t18-/m0/s1. The third-order valence-corrected chi connectivity index (χ3v) is 4.47. The van der Waals surface area contributed by atoms with Gasteiger partial charge < -0.3 is 15.3 Å². The molecule has 0 aliphatic carbocycles. The van der Waals surface area contributed by atoms with E-state index in [4.69, 9.17) is 0 Å². The minimum absolute atomic E-state index is 0.0699. The van der Waals surface area contributed by atoms with E-state index in [2.05, 4.69) is 5.32 Å². The molecule has 1 aliphatic rings. The van der Waals surface area contributed by atoms with Gasteiger partial charge in [-0.3, -0.25) is 9.59 Å². The molecule has 142 valence electrons. The highest BCUT2D eigenvalue weighted by atomic mass is 19.4. The number of nitrogens with one attached hydrogen (secondary N) is 1. The molecule has 1 aliphatic heterocycles. The molecule has 1 atom stereocenters. The van der Waals surface area contributed by atoms with E-state index in [0.717, 1.165) is 12.1 Å². The number of hydrogen-bond acceptors (Lipinski definition) is 3. The zero-order chi connectivity index (χ0) is 19.7. The van der Waals surface area contributed by atoms with Gasteiger partial charge in [-0.15, -0.1) is 0 Å². The first-order valence-electron chi connectivity index (χ1n) is 8.25. The molecule has 0 saturated carbocycles. The first-order chi connectivity index (χ1) is 12.7. The molecule has 0 aromatic heterocycles. The average molecular weight is 378 g/mol. The molecule has 8 heteroatoms. The molecule has 5 nitrogen and oxygen atoms in total. The van der Waals surface area contributed by atoms with E-state index in [1.165, 1.54) is 17.0 Å². The molecule has 2 aromatic rings. The summed E-state index contributed by atoms with van der Waals surface area (Å²) in [6.07, 6.45) is -4.51. The maximum atomic E-state index is 12.6. The fraction of sp³-hybridized carbons (Fsp3) is 0.263. The lowest BCUT2D eigenvalue weighted by Gasteiger charge is -2.21. The van der Waals surface area contributed by atoms with Crippen LogP contribution in [-0.2, 0) is 22.3 Å². The monoisotopic (exact) mass is 378 g/mol. The van der Waals surface area contributed by atoms with Crippen LogP contribution in [0, 0.1) is 0 Å². The van der Waals surface area contributed by atoms with E-state index in [0.29, 0.717) is 11.3 Å². The predicted octanol–water partition coefficient (Wildman–Crippen LogP) is 2.49. The molecule has 0 unspecified atom stereocenters. The van der Waals surface area contributed by atoms with Crippen molar-refractivity contribution in [3.63, 3.8) is 0 Å². The number of aliphatic hydroxyl groups is 1. The van der Waals surface area contributed by atoms with Gasteiger partial charge in [0.05, 0.1) is 5.56 Å². The normalized spacial score (nSPS) is 20.0. The van der Waals surface area contributed by atoms with Gasteiger partial charge >= 0.3 is 6.18 Å². The smallest absolute Gasteiger partial charge is 0.372 e. The minimum Gasteiger partial charge on any atom is -0.372 e. The summed E-state index contributed by atoms with van der Waals surface area (Å²) in [6.45, 7) is 0.0882. The lowest BCUT2D eigenvalue weighted by atomic mass is 10.0. The van der Waals surface area contributed by atoms with E-state index < -0.39 is 29.2 Å². The first kappa shape index (κ1) is 18.9. The first-order valence-corrected chi connectivity index (χ1v) is 8.25. The van der Waals surface area contributed by atoms with Crippen molar-refractivity contribution in [2.45, 2.75) is 24.7 Å². The number of carbonyl (C=O) groups is 2. The zero-order valence-corrected chi connectivity index (χ0v) is 14.2. The number of anilines is 1. The second-order valence-electron chi connectivity index (χ2n) is 6.28. The summed E-state index contributed by atoms with van der Waals surface area (Å²) < 4.78 is 37.7. The highest BCUT2D eigenvalue weighted by Crippen LogP contribution is 2.30. The summed E-state index contributed by atoms with van der Waals surface area (Å²) in [6, 6.07) is 13.0. The second kappa shape index (κ2) is 7.03. The summed E-state index contributed by atoms with van der Waals surface area (Å²) in [5.74, 6) is -1.59. The van der Waals surface area contributed by atoms with Gasteiger partial charge in [-0.1, -0.05) is 30.3 Å². The van der Waals surface area contributed by atoms with E-state index >= 15 is 0 Å². The van der Waals surface area contributed by atoms with Crippen molar-refractivity contribution in [2.75, 3.05) is 11.4 Å². The van der Waals surface area contributed by atoms with Crippen molar-refractivity contribution in [1.29, 1.82) is 0 Å². The number of hydrogen-bond donors (Lipinski definition) is 2. The van der Waals surface area contributed by atoms with Crippen molar-refractivity contribution in [2.24, 2.45) is 0 Å². The third kappa shape index (κ3) is 3.80. The van der Waals surface area contributed by atoms with E-state index in [-0.39, 0.29) is 19.5 Å². The van der Waals surface area contributed by atoms with Crippen LogP contribution in [0.1, 0.15) is 17.5 Å². The van der Waals surface area contributed by atoms with Gasteiger partial charge in [0.2, 0.25) is 5.60 Å². The fourth-order valence-electron chi connectivity index (χ4n) is 2.91. The Balaban J connectivity index is 1.65. The Morgan fingerprint density at radius 3 is 2.33 bits per heavy atom. The average Bonchev–Trinajstić information content (AvgIpc) is 2.96. The number of rotatable bonds is 4. The van der Waals surface area contributed by atoms with E-state index in [1.54, 1.807) is 30.3 Å². The van der Waals surface area contributed by atoms with Crippen LogP contribution in [0.15, 0.2) is 54.6 Å². The van der Waals surface area contributed by atoms with Gasteiger partial charge in [0, 0.05) is 25.2 Å². The van der Waals surface area contributed by atoms with E-state index in [1.807, 2.05) is 0 Å². The van der Waals surface area contributed by atoms with Gasteiger partial charge in [-0.05, 0) is 29.8 Å². The van der Waals surface area contributed by atoms with Crippen LogP contribution in [0.3, 0.4) is 0 Å². The molecular weight excluding hydrogens is 361 g/mol. The quantitative estimate of drug-likeness (QED) is 0.804. The number of benzene rings is 2. The lowest BCUT2D eigenvalue weighted by molar-refractivity contribution is -0.149. The third-order valence-electron chi connectivity index (χ3n) is 4.47. The Bertz CT molecular complexity index is 838. The van der Waals surface area contributed by atoms with Crippen molar-refractivity contribution in [1.82, 2.24) is 5.32 Å². The molecular formula is C19H17F3N2O3. The molecule has 27 heavy (non-hydrogen) atoms. The van der Waals surface area contributed by atoms with Gasteiger partial charge in [0.15, 0.2) is 0 Å². The Morgan fingerprint density at radius 1 is 1.11 bits per heavy atom. The number of carbonyl (C=O) groups excluding carboxylic acids is 2. The number of halogens is 3. The minimum atomic E-state index is -4.44. The topological polar surface area (TPSA) is 69.6 Å². The van der Waals surface area contributed by atoms with Crippen LogP contribution >= 0.6 is 0 Å². The number of amides is 2. The summed E-state index contributed by atoms with van der Waals surface area (Å²) in [5, 5.41) is 13.0. The Labute approximate surface area is 153 Å². The molecule has 2 amide bonds. The van der Waals surface area contributed by atoms with Gasteiger partial charge in [-0.25, -0.2) is 0 Å². The maximum Gasteiger partial charge on any atom is 0.416 e. The van der Waals surface area contributed by atoms with Gasteiger partial charge in [0.1, 0.15) is 0 Å². The van der Waals surface area contributed by atoms with Crippen LogP contribution in [0.5, 0.6) is 0 Å². The summed E-state index contributed by atoms with van der Waals surface area (Å²) in [4.78, 5) is 26.2. The largest absolute Gasteiger partial charge is 0.416 e. The zero-order valence-electron chi connectivity index (χ0n) is 14.2. The van der Waals surface area contributed by atoms with Crippen molar-refractivity contribution in [3.05, 3.63) is 65.7 Å². The maximum absolute atomic E-state index is 12.6. The van der Waals surface area contributed by atoms with Gasteiger partial charge in [-0.2, -0.15) is 13.2 Å². The highest BCUT2D eigenvalue weighted by molar-refractivity contribution is 6.16. The van der Waals surface area contributed by atoms with E-state index in [9.17, 15) is 27.9 Å². The number of alkyl halides is 3. The molecule has 2 N–H and O–H groups in total. The second-order valence-corrected chi connectivity index (χ2v) is 6.28.